The Morgan fingerprint density at radius 3 is 2.83 bits per heavy atom. The van der Waals surface area contributed by atoms with E-state index in [1.54, 1.807) is 0 Å². The molecular weight excluding hydrogens is 298 g/mol. The third kappa shape index (κ3) is 2.33. The molecule has 0 fully saturated rings. The van der Waals surface area contributed by atoms with Crippen molar-refractivity contribution in [2.24, 2.45) is 0 Å². The Labute approximate surface area is 142 Å². The van der Waals surface area contributed by atoms with Crippen molar-refractivity contribution in [3.63, 3.8) is 0 Å². The molecule has 0 N–H and O–H groups in total. The zero-order valence-electron chi connectivity index (χ0n) is 14.3. The molecule has 4 heteroatoms. The molecule has 1 aliphatic rings. The lowest BCUT2D eigenvalue weighted by atomic mass is 10.1. The number of aromatic nitrogens is 2. The summed E-state index contributed by atoms with van der Waals surface area (Å²) < 4.78 is 4.41. The Balaban J connectivity index is 1.63. The van der Waals surface area contributed by atoms with Gasteiger partial charge in [-0.25, -0.2) is 0 Å². The van der Waals surface area contributed by atoms with E-state index in [1.165, 1.54) is 11.1 Å². The Bertz CT molecular complexity index is 889. The van der Waals surface area contributed by atoms with E-state index in [-0.39, 0.29) is 11.9 Å². The first-order valence-electron chi connectivity index (χ1n) is 8.68. The second-order valence-corrected chi connectivity index (χ2v) is 6.57. The minimum Gasteiger partial charge on any atom is -0.348 e. The van der Waals surface area contributed by atoms with Gasteiger partial charge in [0.25, 0.3) is 0 Å². The van der Waals surface area contributed by atoms with Crippen LogP contribution in [-0.4, -0.2) is 26.5 Å². The van der Waals surface area contributed by atoms with Crippen LogP contribution in [0.1, 0.15) is 30.8 Å². The van der Waals surface area contributed by atoms with Gasteiger partial charge in [-0.15, -0.1) is 0 Å². The van der Waals surface area contributed by atoms with Gasteiger partial charge in [-0.05, 0) is 43.0 Å². The van der Waals surface area contributed by atoms with Crippen molar-refractivity contribution in [2.75, 3.05) is 6.54 Å². The van der Waals surface area contributed by atoms with Gasteiger partial charge < -0.3 is 14.0 Å². The molecule has 0 saturated carbocycles. The Morgan fingerprint density at radius 1 is 1.17 bits per heavy atom. The van der Waals surface area contributed by atoms with Gasteiger partial charge in [0.05, 0.1) is 6.04 Å². The first-order chi connectivity index (χ1) is 11.7. The first-order valence-corrected chi connectivity index (χ1v) is 8.68. The van der Waals surface area contributed by atoms with E-state index in [0.29, 0.717) is 6.54 Å². The summed E-state index contributed by atoms with van der Waals surface area (Å²) in [7, 11) is 0. The number of carbonyl (C=O) groups excluding carboxylic acids is 1. The predicted molar refractivity (Wildman–Crippen MR) is 95.9 cm³/mol. The molecule has 0 unspecified atom stereocenters. The van der Waals surface area contributed by atoms with Crippen molar-refractivity contribution in [2.45, 2.75) is 39.4 Å². The van der Waals surface area contributed by atoms with Crippen molar-refractivity contribution in [3.05, 3.63) is 60.0 Å². The van der Waals surface area contributed by atoms with Crippen LogP contribution in [0.25, 0.3) is 10.9 Å². The molecule has 0 saturated heterocycles. The van der Waals surface area contributed by atoms with E-state index in [2.05, 4.69) is 64.4 Å². The topological polar surface area (TPSA) is 30.2 Å². The molecule has 3 heterocycles. The SMILES string of the molecule is CC[C@H]1c2cccn2CCN1C(=O)Cn1c(C)cc2ccccc21. The van der Waals surface area contributed by atoms with E-state index in [0.717, 1.165) is 30.7 Å². The summed E-state index contributed by atoms with van der Waals surface area (Å²) >= 11 is 0. The fraction of sp³-hybridized carbons (Fsp3) is 0.350. The maximum Gasteiger partial charge on any atom is 0.243 e. The molecule has 124 valence electrons. The molecule has 1 atom stereocenters. The van der Waals surface area contributed by atoms with Crippen molar-refractivity contribution < 1.29 is 4.79 Å². The predicted octanol–water partition coefficient (Wildman–Crippen LogP) is 3.74. The summed E-state index contributed by atoms with van der Waals surface area (Å²) in [5, 5.41) is 1.20. The Morgan fingerprint density at radius 2 is 2.00 bits per heavy atom. The third-order valence-corrected chi connectivity index (χ3v) is 5.18. The molecule has 0 radical (unpaired) electrons. The second kappa shape index (κ2) is 5.86. The van der Waals surface area contributed by atoms with Crippen molar-refractivity contribution >= 4 is 16.8 Å². The highest BCUT2D eigenvalue weighted by atomic mass is 16.2. The maximum atomic E-state index is 13.1. The van der Waals surface area contributed by atoms with Gasteiger partial charge in [-0.3, -0.25) is 4.79 Å². The lowest BCUT2D eigenvalue weighted by molar-refractivity contribution is -0.135. The summed E-state index contributed by atoms with van der Waals surface area (Å²) in [5.41, 5.74) is 3.53. The third-order valence-electron chi connectivity index (χ3n) is 5.18. The quantitative estimate of drug-likeness (QED) is 0.723. The molecule has 0 spiro atoms. The van der Waals surface area contributed by atoms with Gasteiger partial charge in [0.1, 0.15) is 6.54 Å². The number of hydrogen-bond acceptors (Lipinski definition) is 1. The minimum atomic E-state index is 0.184. The number of amides is 1. The summed E-state index contributed by atoms with van der Waals surface area (Å²) in [5.74, 6) is 0.207. The zero-order valence-corrected chi connectivity index (χ0v) is 14.3. The van der Waals surface area contributed by atoms with Crippen LogP contribution in [0.2, 0.25) is 0 Å². The van der Waals surface area contributed by atoms with Crippen LogP contribution in [0, 0.1) is 6.92 Å². The highest BCUT2D eigenvalue weighted by molar-refractivity contribution is 5.84. The Kier molecular flexibility index (Phi) is 3.68. The van der Waals surface area contributed by atoms with Crippen molar-refractivity contribution in [1.29, 1.82) is 0 Å². The summed E-state index contributed by atoms with van der Waals surface area (Å²) in [4.78, 5) is 15.1. The fourth-order valence-corrected chi connectivity index (χ4v) is 3.98. The van der Waals surface area contributed by atoms with Crippen LogP contribution in [0.5, 0.6) is 0 Å². The molecule has 3 aromatic rings. The van der Waals surface area contributed by atoms with E-state index in [1.807, 2.05) is 12.1 Å². The number of rotatable bonds is 3. The average molecular weight is 321 g/mol. The smallest absolute Gasteiger partial charge is 0.243 e. The van der Waals surface area contributed by atoms with Gasteiger partial charge in [-0.1, -0.05) is 25.1 Å². The molecule has 1 aromatic carbocycles. The standard InChI is InChI=1S/C20H23N3O/c1-3-17-19-9-6-10-21(19)11-12-22(17)20(24)14-23-15(2)13-16-7-4-5-8-18(16)23/h4-10,13,17H,3,11-12,14H2,1-2H3/t17-/m0/s1. The summed E-state index contributed by atoms with van der Waals surface area (Å²) in [6, 6.07) is 14.8. The highest BCUT2D eigenvalue weighted by Crippen LogP contribution is 2.29. The largest absolute Gasteiger partial charge is 0.348 e. The summed E-state index contributed by atoms with van der Waals surface area (Å²) in [6.45, 7) is 6.32. The van der Waals surface area contributed by atoms with Crippen LogP contribution in [-0.2, 0) is 17.9 Å². The molecule has 1 aliphatic heterocycles. The lowest BCUT2D eigenvalue weighted by Crippen LogP contribution is -2.43. The number of aryl methyl sites for hydroxylation is 1. The van der Waals surface area contributed by atoms with Crippen LogP contribution < -0.4 is 0 Å². The number of benzene rings is 1. The summed E-state index contributed by atoms with van der Waals surface area (Å²) in [6.07, 6.45) is 3.06. The minimum absolute atomic E-state index is 0.184. The zero-order chi connectivity index (χ0) is 16.7. The van der Waals surface area contributed by atoms with Crippen LogP contribution in [0.15, 0.2) is 48.7 Å². The molecule has 0 bridgehead atoms. The van der Waals surface area contributed by atoms with Gasteiger partial charge in [0.2, 0.25) is 5.91 Å². The van der Waals surface area contributed by atoms with E-state index in [9.17, 15) is 4.79 Å². The van der Waals surface area contributed by atoms with E-state index in [4.69, 9.17) is 0 Å². The number of nitrogens with zero attached hydrogens (tertiary/aromatic N) is 3. The Hall–Kier alpha value is -2.49. The molecule has 4 rings (SSSR count). The van der Waals surface area contributed by atoms with Gasteiger partial charge in [0.15, 0.2) is 0 Å². The van der Waals surface area contributed by atoms with Crippen LogP contribution in [0.3, 0.4) is 0 Å². The average Bonchev–Trinajstić information content (AvgIpc) is 3.18. The molecule has 24 heavy (non-hydrogen) atoms. The molecule has 2 aromatic heterocycles. The van der Waals surface area contributed by atoms with Gasteiger partial charge >= 0.3 is 0 Å². The van der Waals surface area contributed by atoms with Crippen LogP contribution >= 0.6 is 0 Å². The van der Waals surface area contributed by atoms with E-state index < -0.39 is 0 Å². The number of carbonyl (C=O) groups is 1. The fourth-order valence-electron chi connectivity index (χ4n) is 3.98. The normalized spacial score (nSPS) is 17.2. The van der Waals surface area contributed by atoms with Gasteiger partial charge in [0, 0.05) is 36.2 Å². The first kappa shape index (κ1) is 15.1. The van der Waals surface area contributed by atoms with Crippen molar-refractivity contribution in [3.8, 4) is 0 Å². The lowest BCUT2D eigenvalue weighted by Gasteiger charge is -2.37. The number of fused-ring (bicyclic) bond motifs is 2. The highest BCUT2D eigenvalue weighted by Gasteiger charge is 2.29. The molecule has 4 nitrogen and oxygen atoms in total. The van der Waals surface area contributed by atoms with Crippen LogP contribution in [0.4, 0.5) is 0 Å². The van der Waals surface area contributed by atoms with Gasteiger partial charge in [-0.2, -0.15) is 0 Å². The number of hydrogen-bond donors (Lipinski definition) is 0. The molecular formula is C20H23N3O. The van der Waals surface area contributed by atoms with Crippen molar-refractivity contribution in [1.82, 2.24) is 14.0 Å². The number of para-hydroxylation sites is 1. The maximum absolute atomic E-state index is 13.1. The second-order valence-electron chi connectivity index (χ2n) is 6.57. The molecule has 0 aliphatic carbocycles. The van der Waals surface area contributed by atoms with E-state index >= 15 is 0 Å². The molecule has 1 amide bonds. The monoisotopic (exact) mass is 321 g/mol.